The Morgan fingerprint density at radius 1 is 0.958 bits per heavy atom. The average Bonchev–Trinajstić information content (AvgIpc) is 3.44. The number of rotatable bonds is 15. The minimum absolute atomic E-state index is 0.144. The van der Waals surface area contributed by atoms with Crippen molar-refractivity contribution in [1.82, 2.24) is 0 Å². The van der Waals surface area contributed by atoms with Crippen LogP contribution in [0.25, 0.3) is 0 Å². The van der Waals surface area contributed by atoms with Crippen molar-refractivity contribution in [2.45, 2.75) is 102 Å². The van der Waals surface area contributed by atoms with Gasteiger partial charge >= 0.3 is 5.97 Å². The highest BCUT2D eigenvalue weighted by Crippen LogP contribution is 2.50. The van der Waals surface area contributed by atoms with Gasteiger partial charge in [-0.15, -0.1) is 0 Å². The Labute approximate surface area is 144 Å². The Balaban J connectivity index is 1.39. The zero-order valence-electron chi connectivity index (χ0n) is 14.7. The van der Waals surface area contributed by atoms with Crippen LogP contribution >= 0.6 is 0 Å². The van der Waals surface area contributed by atoms with Crippen LogP contribution in [0, 0.1) is 5.41 Å². The second-order valence-corrected chi connectivity index (χ2v) is 7.84. The minimum atomic E-state index is -0.631. The molecule has 2 rings (SSSR count). The molecular formula is C19H32O5. The minimum Gasteiger partial charge on any atom is -0.481 e. The van der Waals surface area contributed by atoms with E-state index in [4.69, 9.17) is 9.84 Å². The van der Waals surface area contributed by atoms with Crippen molar-refractivity contribution in [2.24, 2.45) is 5.41 Å². The quantitative estimate of drug-likeness (QED) is 0.350. The summed E-state index contributed by atoms with van der Waals surface area (Å²) in [6.45, 7) is 0.568. The molecule has 0 aliphatic heterocycles. The van der Waals surface area contributed by atoms with E-state index in [9.17, 15) is 14.7 Å². The molecule has 2 N–H and O–H groups in total. The Morgan fingerprint density at radius 2 is 1.54 bits per heavy atom. The fraction of sp³-hybridized carbons (Fsp3) is 0.895. The average molecular weight is 340 g/mol. The first-order valence-corrected chi connectivity index (χ1v) is 9.55. The predicted octanol–water partition coefficient (Wildman–Crippen LogP) is 3.82. The summed E-state index contributed by atoms with van der Waals surface area (Å²) in [4.78, 5) is 21.5. The third-order valence-electron chi connectivity index (χ3n) is 5.78. The summed E-state index contributed by atoms with van der Waals surface area (Å²) in [5.41, 5.74) is -0.541. The molecule has 5 heteroatoms. The third-order valence-corrected chi connectivity index (χ3v) is 5.78. The van der Waals surface area contributed by atoms with Gasteiger partial charge in [-0.1, -0.05) is 32.1 Å². The molecule has 2 fully saturated rings. The Bertz CT molecular complexity index is 412. The summed E-state index contributed by atoms with van der Waals surface area (Å²) >= 11 is 0. The van der Waals surface area contributed by atoms with Crippen LogP contribution in [0.4, 0.5) is 0 Å². The normalized spacial score (nSPS) is 21.0. The number of unbranched alkanes of at least 4 members (excludes halogenated alkanes) is 4. The van der Waals surface area contributed by atoms with E-state index in [0.717, 1.165) is 89.9 Å². The van der Waals surface area contributed by atoms with Crippen LogP contribution in [0.5, 0.6) is 0 Å². The molecular weight excluding hydrogens is 308 g/mol. The molecule has 1 unspecified atom stereocenters. The first kappa shape index (κ1) is 19.2. The molecule has 2 saturated carbocycles. The maximum atomic E-state index is 11.1. The van der Waals surface area contributed by atoms with E-state index in [0.29, 0.717) is 6.47 Å². The van der Waals surface area contributed by atoms with Crippen LogP contribution in [-0.2, 0) is 14.3 Å². The fourth-order valence-corrected chi connectivity index (χ4v) is 3.56. The van der Waals surface area contributed by atoms with E-state index >= 15 is 0 Å². The molecule has 0 spiro atoms. The van der Waals surface area contributed by atoms with Crippen LogP contribution in [-0.4, -0.2) is 34.4 Å². The highest BCUT2D eigenvalue weighted by molar-refractivity contribution is 5.77. The smallest absolute Gasteiger partial charge is 0.309 e. The monoisotopic (exact) mass is 340 g/mol. The molecule has 24 heavy (non-hydrogen) atoms. The number of carboxylic acid groups (broad SMARTS) is 1. The molecule has 0 heterocycles. The highest BCUT2D eigenvalue weighted by Gasteiger charge is 2.49. The fourth-order valence-electron chi connectivity index (χ4n) is 3.56. The van der Waals surface area contributed by atoms with E-state index in [1.807, 2.05) is 0 Å². The number of carboxylic acids is 1. The number of carbonyl (C=O) groups excluding carboxylic acids is 1. The van der Waals surface area contributed by atoms with Crippen molar-refractivity contribution >= 4 is 12.4 Å². The maximum absolute atomic E-state index is 11.1. The van der Waals surface area contributed by atoms with Crippen molar-refractivity contribution in [1.29, 1.82) is 0 Å². The summed E-state index contributed by atoms with van der Waals surface area (Å²) < 4.78 is 5.12. The standard InChI is InChI=1S/C19H32O5/c20-15-24-19(13-14-19)10-6-2-4-8-16(21)7-3-1-5-9-18(11-12-18)17(22)23/h15-16,21H,1-14H2,(H,22,23). The number of aliphatic hydroxyl groups is 1. The molecule has 0 bridgehead atoms. The Hall–Kier alpha value is -1.10. The summed E-state index contributed by atoms with van der Waals surface area (Å²) in [5.74, 6) is -0.631. The van der Waals surface area contributed by atoms with E-state index in [-0.39, 0.29) is 11.7 Å². The molecule has 0 aromatic carbocycles. The summed E-state index contributed by atoms with van der Waals surface area (Å²) in [6, 6.07) is 0. The van der Waals surface area contributed by atoms with Crippen LogP contribution < -0.4 is 0 Å². The van der Waals surface area contributed by atoms with Gasteiger partial charge in [0.25, 0.3) is 6.47 Å². The van der Waals surface area contributed by atoms with Crippen molar-refractivity contribution in [3.8, 4) is 0 Å². The molecule has 0 amide bonds. The van der Waals surface area contributed by atoms with Crippen molar-refractivity contribution in [2.75, 3.05) is 0 Å². The lowest BCUT2D eigenvalue weighted by Crippen LogP contribution is -2.14. The number of hydrogen-bond acceptors (Lipinski definition) is 4. The van der Waals surface area contributed by atoms with E-state index in [2.05, 4.69) is 0 Å². The summed E-state index contributed by atoms with van der Waals surface area (Å²) in [7, 11) is 0. The van der Waals surface area contributed by atoms with Gasteiger partial charge in [-0.05, 0) is 57.8 Å². The van der Waals surface area contributed by atoms with Crippen molar-refractivity contribution < 1.29 is 24.5 Å². The van der Waals surface area contributed by atoms with Gasteiger partial charge in [0.2, 0.25) is 0 Å². The zero-order chi connectivity index (χ0) is 17.5. The van der Waals surface area contributed by atoms with Crippen LogP contribution in [0.2, 0.25) is 0 Å². The van der Waals surface area contributed by atoms with Crippen LogP contribution in [0.1, 0.15) is 89.9 Å². The molecule has 0 radical (unpaired) electrons. The first-order chi connectivity index (χ1) is 11.5. The Morgan fingerprint density at radius 3 is 2.00 bits per heavy atom. The van der Waals surface area contributed by atoms with Crippen molar-refractivity contribution in [3.05, 3.63) is 0 Å². The van der Waals surface area contributed by atoms with Crippen LogP contribution in [0.3, 0.4) is 0 Å². The Kier molecular flexibility index (Phi) is 7.08. The van der Waals surface area contributed by atoms with Gasteiger partial charge in [-0.2, -0.15) is 0 Å². The van der Waals surface area contributed by atoms with E-state index < -0.39 is 11.4 Å². The molecule has 138 valence electrons. The number of carbonyl (C=O) groups is 2. The lowest BCUT2D eigenvalue weighted by atomic mass is 9.97. The highest BCUT2D eigenvalue weighted by atomic mass is 16.5. The number of aliphatic hydroxyl groups excluding tert-OH is 1. The van der Waals surface area contributed by atoms with E-state index in [1.165, 1.54) is 0 Å². The van der Waals surface area contributed by atoms with E-state index in [1.54, 1.807) is 0 Å². The van der Waals surface area contributed by atoms with Crippen LogP contribution in [0.15, 0.2) is 0 Å². The summed E-state index contributed by atoms with van der Waals surface area (Å²) in [5, 5.41) is 19.1. The van der Waals surface area contributed by atoms with Gasteiger partial charge in [-0.25, -0.2) is 0 Å². The number of ether oxygens (including phenoxy) is 1. The topological polar surface area (TPSA) is 83.8 Å². The first-order valence-electron chi connectivity index (χ1n) is 9.55. The molecule has 0 aromatic heterocycles. The maximum Gasteiger partial charge on any atom is 0.309 e. The summed E-state index contributed by atoms with van der Waals surface area (Å²) in [6.07, 6.45) is 12.9. The van der Waals surface area contributed by atoms with Gasteiger partial charge in [0, 0.05) is 0 Å². The van der Waals surface area contributed by atoms with Gasteiger partial charge in [-0.3, -0.25) is 9.59 Å². The van der Waals surface area contributed by atoms with Gasteiger partial charge in [0.1, 0.15) is 5.60 Å². The molecule has 2 aliphatic carbocycles. The SMILES string of the molecule is O=COC1(CCCCCC(O)CCCCCC2(C(=O)O)CC2)CC1. The van der Waals surface area contributed by atoms with Crippen molar-refractivity contribution in [3.63, 3.8) is 0 Å². The second-order valence-electron chi connectivity index (χ2n) is 7.84. The lowest BCUT2D eigenvalue weighted by molar-refractivity contribution is -0.143. The number of hydrogen-bond donors (Lipinski definition) is 2. The third kappa shape index (κ3) is 6.08. The number of aliphatic carboxylic acids is 1. The molecule has 1 atom stereocenters. The second kappa shape index (κ2) is 8.84. The zero-order valence-corrected chi connectivity index (χ0v) is 14.7. The van der Waals surface area contributed by atoms with Gasteiger partial charge < -0.3 is 14.9 Å². The lowest BCUT2D eigenvalue weighted by Gasteiger charge is -2.14. The molecule has 0 aromatic rings. The molecule has 2 aliphatic rings. The molecule has 5 nitrogen and oxygen atoms in total. The molecule has 0 saturated heterocycles. The largest absolute Gasteiger partial charge is 0.481 e. The van der Waals surface area contributed by atoms with Gasteiger partial charge in [0.05, 0.1) is 11.5 Å². The van der Waals surface area contributed by atoms with Gasteiger partial charge in [0.15, 0.2) is 0 Å². The predicted molar refractivity (Wildman–Crippen MR) is 90.6 cm³/mol.